The van der Waals surface area contributed by atoms with Gasteiger partial charge < -0.3 is 5.32 Å². The van der Waals surface area contributed by atoms with E-state index in [0.29, 0.717) is 31.2 Å². The maximum atomic E-state index is 13.2. The van der Waals surface area contributed by atoms with E-state index in [0.717, 1.165) is 24.0 Å². The van der Waals surface area contributed by atoms with E-state index in [4.69, 9.17) is 0 Å². The zero-order chi connectivity index (χ0) is 19.5. The Balaban J connectivity index is 1.32. The zero-order valence-electron chi connectivity index (χ0n) is 15.9. The van der Waals surface area contributed by atoms with Gasteiger partial charge >= 0.3 is 0 Å². The molecule has 152 valence electrons. The van der Waals surface area contributed by atoms with E-state index in [-0.39, 0.29) is 16.8 Å². The molecule has 5 aliphatic rings. The second kappa shape index (κ2) is 6.80. The van der Waals surface area contributed by atoms with Gasteiger partial charge in [-0.3, -0.25) is 4.79 Å². The third-order valence-corrected chi connectivity index (χ3v) is 9.38. The molecule has 4 aliphatic carbocycles. The highest BCUT2D eigenvalue weighted by Crippen LogP contribution is 2.53. The van der Waals surface area contributed by atoms with Gasteiger partial charge in [0.1, 0.15) is 11.9 Å². The molecule has 0 radical (unpaired) electrons. The maximum Gasteiger partial charge on any atom is 0.243 e. The first kappa shape index (κ1) is 18.6. The quantitative estimate of drug-likeness (QED) is 0.836. The Kier molecular flexibility index (Phi) is 4.51. The van der Waals surface area contributed by atoms with Crippen molar-refractivity contribution in [3.05, 3.63) is 30.1 Å². The highest BCUT2D eigenvalue weighted by molar-refractivity contribution is 7.89. The van der Waals surface area contributed by atoms with Crippen molar-refractivity contribution in [2.24, 2.45) is 23.7 Å². The lowest BCUT2D eigenvalue weighted by Gasteiger charge is -2.54. The van der Waals surface area contributed by atoms with Crippen LogP contribution in [0, 0.1) is 29.5 Å². The summed E-state index contributed by atoms with van der Waals surface area (Å²) >= 11 is 0. The Morgan fingerprint density at radius 3 is 2.21 bits per heavy atom. The van der Waals surface area contributed by atoms with Gasteiger partial charge in [0.15, 0.2) is 0 Å². The monoisotopic (exact) mass is 406 g/mol. The minimum Gasteiger partial charge on any atom is -0.351 e. The number of nitrogens with zero attached hydrogens (tertiary/aromatic N) is 1. The SMILES string of the molecule is O=C(NC1C2CC3CC(C2)CC1C3)[C@@H]1CCCN1S(=O)(=O)c1ccc(F)cc1. The van der Waals surface area contributed by atoms with Crippen LogP contribution in [0.2, 0.25) is 0 Å². The van der Waals surface area contributed by atoms with Gasteiger partial charge in [0.25, 0.3) is 0 Å². The second-order valence-electron chi connectivity index (χ2n) is 9.19. The number of halogens is 1. The molecule has 1 aromatic rings. The summed E-state index contributed by atoms with van der Waals surface area (Å²) in [4.78, 5) is 13.1. The molecule has 1 atom stereocenters. The summed E-state index contributed by atoms with van der Waals surface area (Å²) in [6, 6.07) is 4.38. The van der Waals surface area contributed by atoms with Gasteiger partial charge in [-0.2, -0.15) is 4.31 Å². The Labute approximate surface area is 165 Å². The van der Waals surface area contributed by atoms with Gasteiger partial charge in [-0.05, 0) is 92.9 Å². The summed E-state index contributed by atoms with van der Waals surface area (Å²) in [7, 11) is -3.80. The van der Waals surface area contributed by atoms with Crippen LogP contribution in [0.1, 0.15) is 44.9 Å². The smallest absolute Gasteiger partial charge is 0.243 e. The van der Waals surface area contributed by atoms with Crippen molar-refractivity contribution in [1.82, 2.24) is 9.62 Å². The number of hydrogen-bond acceptors (Lipinski definition) is 3. The van der Waals surface area contributed by atoms with E-state index in [1.807, 2.05) is 0 Å². The Morgan fingerprint density at radius 2 is 1.61 bits per heavy atom. The van der Waals surface area contributed by atoms with Crippen LogP contribution >= 0.6 is 0 Å². The molecule has 4 saturated carbocycles. The number of carbonyl (C=O) groups is 1. The minimum absolute atomic E-state index is 0.0447. The molecule has 1 amide bonds. The van der Waals surface area contributed by atoms with Crippen molar-refractivity contribution < 1.29 is 17.6 Å². The molecule has 1 N–H and O–H groups in total. The third kappa shape index (κ3) is 3.07. The number of sulfonamides is 1. The van der Waals surface area contributed by atoms with Crippen LogP contribution in [0.4, 0.5) is 4.39 Å². The molecule has 6 rings (SSSR count). The average Bonchev–Trinajstić information content (AvgIpc) is 3.15. The van der Waals surface area contributed by atoms with Crippen LogP contribution in [-0.4, -0.2) is 37.3 Å². The van der Waals surface area contributed by atoms with Crippen LogP contribution < -0.4 is 5.32 Å². The molecular weight excluding hydrogens is 379 g/mol. The molecular formula is C21H27FN2O3S. The molecule has 5 fully saturated rings. The highest BCUT2D eigenvalue weighted by Gasteiger charge is 2.49. The second-order valence-corrected chi connectivity index (χ2v) is 11.1. The number of nitrogens with one attached hydrogen (secondary N) is 1. The number of rotatable bonds is 4. The molecule has 1 saturated heterocycles. The lowest BCUT2D eigenvalue weighted by atomic mass is 9.54. The average molecular weight is 407 g/mol. The topological polar surface area (TPSA) is 66.5 Å². The Morgan fingerprint density at radius 1 is 1.00 bits per heavy atom. The van der Waals surface area contributed by atoms with E-state index in [1.165, 1.54) is 48.5 Å². The molecule has 4 bridgehead atoms. The van der Waals surface area contributed by atoms with Gasteiger partial charge in [0.05, 0.1) is 4.90 Å². The molecule has 1 aliphatic heterocycles. The fourth-order valence-corrected chi connectivity index (χ4v) is 8.11. The summed E-state index contributed by atoms with van der Waals surface area (Å²) < 4.78 is 40.5. The van der Waals surface area contributed by atoms with Gasteiger partial charge in [-0.15, -0.1) is 0 Å². The zero-order valence-corrected chi connectivity index (χ0v) is 16.7. The van der Waals surface area contributed by atoms with E-state index in [2.05, 4.69) is 5.32 Å². The summed E-state index contributed by atoms with van der Waals surface area (Å²) in [6.07, 6.45) is 7.40. The third-order valence-electron chi connectivity index (χ3n) is 7.46. The van der Waals surface area contributed by atoms with E-state index >= 15 is 0 Å². The van der Waals surface area contributed by atoms with Crippen molar-refractivity contribution in [1.29, 1.82) is 0 Å². The first-order valence-electron chi connectivity index (χ1n) is 10.5. The molecule has 28 heavy (non-hydrogen) atoms. The summed E-state index contributed by atoms with van der Waals surface area (Å²) in [5.74, 6) is 2.15. The molecule has 1 heterocycles. The first-order chi connectivity index (χ1) is 13.4. The molecule has 1 aromatic carbocycles. The summed E-state index contributed by atoms with van der Waals surface area (Å²) in [6.45, 7) is 0.333. The van der Waals surface area contributed by atoms with Crippen molar-refractivity contribution in [3.8, 4) is 0 Å². The number of carbonyl (C=O) groups excluding carboxylic acids is 1. The standard InChI is InChI=1S/C21H27FN2O3S/c22-17-3-5-18(6-4-17)28(26,27)24-7-1-2-19(24)21(25)23-20-15-9-13-8-14(11-15)12-16(20)10-13/h3-6,13-16,19-20H,1-2,7-12H2,(H,23,25)/t13?,14?,15?,16?,19-,20?/m0/s1. The van der Waals surface area contributed by atoms with Crippen molar-refractivity contribution in [3.63, 3.8) is 0 Å². The minimum atomic E-state index is -3.80. The predicted octanol–water partition coefficient (Wildman–Crippen LogP) is 2.92. The van der Waals surface area contributed by atoms with Crippen LogP contribution in [0.25, 0.3) is 0 Å². The van der Waals surface area contributed by atoms with Gasteiger partial charge in [0.2, 0.25) is 15.9 Å². The number of benzene rings is 1. The number of amides is 1. The van der Waals surface area contributed by atoms with Crippen molar-refractivity contribution in [2.45, 2.75) is 61.9 Å². The van der Waals surface area contributed by atoms with Crippen LogP contribution in [-0.2, 0) is 14.8 Å². The van der Waals surface area contributed by atoms with Crippen LogP contribution in [0.15, 0.2) is 29.2 Å². The largest absolute Gasteiger partial charge is 0.351 e. The first-order valence-corrected chi connectivity index (χ1v) is 11.9. The van der Waals surface area contributed by atoms with Gasteiger partial charge in [-0.1, -0.05) is 0 Å². The van der Waals surface area contributed by atoms with Crippen molar-refractivity contribution >= 4 is 15.9 Å². The summed E-state index contributed by atoms with van der Waals surface area (Å²) in [5, 5.41) is 3.26. The lowest BCUT2D eigenvalue weighted by molar-refractivity contribution is -0.128. The predicted molar refractivity (Wildman–Crippen MR) is 102 cm³/mol. The van der Waals surface area contributed by atoms with Crippen molar-refractivity contribution in [2.75, 3.05) is 6.54 Å². The fraction of sp³-hybridized carbons (Fsp3) is 0.667. The van der Waals surface area contributed by atoms with Crippen LogP contribution in [0.3, 0.4) is 0 Å². The molecule has 0 unspecified atom stereocenters. The molecule has 0 aromatic heterocycles. The lowest BCUT2D eigenvalue weighted by Crippen LogP contribution is -2.58. The molecule has 5 nitrogen and oxygen atoms in total. The Hall–Kier alpha value is -1.47. The van der Waals surface area contributed by atoms with Gasteiger partial charge in [-0.25, -0.2) is 12.8 Å². The maximum absolute atomic E-state index is 13.2. The van der Waals surface area contributed by atoms with E-state index < -0.39 is 21.9 Å². The van der Waals surface area contributed by atoms with Crippen LogP contribution in [0.5, 0.6) is 0 Å². The number of hydrogen-bond donors (Lipinski definition) is 1. The normalized spacial score (nSPS) is 37.3. The van der Waals surface area contributed by atoms with E-state index in [1.54, 1.807) is 0 Å². The Bertz CT molecular complexity index is 842. The molecule has 7 heteroatoms. The fourth-order valence-electron chi connectivity index (χ4n) is 6.45. The highest BCUT2D eigenvalue weighted by atomic mass is 32.2. The van der Waals surface area contributed by atoms with Gasteiger partial charge in [0, 0.05) is 12.6 Å². The van der Waals surface area contributed by atoms with E-state index in [9.17, 15) is 17.6 Å². The summed E-state index contributed by atoms with van der Waals surface area (Å²) in [5.41, 5.74) is 0. The molecule has 0 spiro atoms.